The summed E-state index contributed by atoms with van der Waals surface area (Å²) in [6, 6.07) is 3.25. The highest BCUT2D eigenvalue weighted by Gasteiger charge is 2.19. The molecular weight excluding hydrogens is 312 g/mol. The first-order valence-corrected chi connectivity index (χ1v) is 6.45. The molecule has 0 spiro atoms. The third-order valence-corrected chi connectivity index (χ3v) is 3.14. The fourth-order valence-corrected chi connectivity index (χ4v) is 2.18. The van der Waals surface area contributed by atoms with Gasteiger partial charge in [-0.15, -0.1) is 0 Å². The minimum Gasteiger partial charge on any atom is -0.369 e. The van der Waals surface area contributed by atoms with Crippen LogP contribution < -0.4 is 5.32 Å². The molecule has 106 valence electrons. The number of hydrogen-bond donors (Lipinski definition) is 1. The molecular formula is C13H9Cl2F3N2. The summed E-state index contributed by atoms with van der Waals surface area (Å²) in [6.07, 6.45) is 0. The van der Waals surface area contributed by atoms with Gasteiger partial charge in [0.1, 0.15) is 5.82 Å². The van der Waals surface area contributed by atoms with Gasteiger partial charge in [-0.2, -0.15) is 0 Å². The highest BCUT2D eigenvalue weighted by atomic mass is 35.5. The predicted octanol–water partition coefficient (Wildman–Crippen LogP) is 4.90. The van der Waals surface area contributed by atoms with E-state index in [4.69, 9.17) is 23.2 Å². The summed E-state index contributed by atoms with van der Waals surface area (Å²) in [4.78, 5) is 4.06. The molecule has 0 amide bonds. The van der Waals surface area contributed by atoms with Crippen LogP contribution in [0.5, 0.6) is 0 Å². The van der Waals surface area contributed by atoms with Crippen LogP contribution in [0.25, 0.3) is 11.3 Å². The molecule has 0 saturated carbocycles. The second-order valence-electron chi connectivity index (χ2n) is 3.90. The molecule has 1 aromatic heterocycles. The molecule has 2 rings (SSSR count). The van der Waals surface area contributed by atoms with Crippen LogP contribution in [-0.4, -0.2) is 11.5 Å². The SMILES string of the molecule is CCNc1nc(-c2ccc(F)c(F)c2F)c(Cl)cc1Cl. The molecule has 0 bridgehead atoms. The summed E-state index contributed by atoms with van der Waals surface area (Å²) < 4.78 is 40.0. The lowest BCUT2D eigenvalue weighted by Gasteiger charge is -2.11. The van der Waals surface area contributed by atoms with Gasteiger partial charge in [-0.25, -0.2) is 18.2 Å². The monoisotopic (exact) mass is 320 g/mol. The summed E-state index contributed by atoms with van der Waals surface area (Å²) in [6.45, 7) is 2.36. The number of halogens is 5. The number of benzene rings is 1. The average Bonchev–Trinajstić information content (AvgIpc) is 2.40. The van der Waals surface area contributed by atoms with Crippen molar-refractivity contribution >= 4 is 29.0 Å². The average molecular weight is 321 g/mol. The number of anilines is 1. The molecule has 1 heterocycles. The molecule has 2 nitrogen and oxygen atoms in total. The van der Waals surface area contributed by atoms with Crippen LogP contribution in [0.1, 0.15) is 6.92 Å². The zero-order valence-corrected chi connectivity index (χ0v) is 11.8. The third-order valence-electron chi connectivity index (χ3n) is 2.56. The van der Waals surface area contributed by atoms with Crippen molar-refractivity contribution in [2.45, 2.75) is 6.92 Å². The molecule has 1 N–H and O–H groups in total. The molecule has 0 aliphatic rings. The fourth-order valence-electron chi connectivity index (χ4n) is 1.66. The van der Waals surface area contributed by atoms with E-state index in [0.29, 0.717) is 6.54 Å². The fraction of sp³-hybridized carbons (Fsp3) is 0.154. The van der Waals surface area contributed by atoms with E-state index in [0.717, 1.165) is 12.1 Å². The van der Waals surface area contributed by atoms with Gasteiger partial charge in [-0.1, -0.05) is 23.2 Å². The van der Waals surface area contributed by atoms with E-state index in [1.807, 2.05) is 6.92 Å². The standard InChI is InChI=1S/C13H9Cl2F3N2/c1-2-19-13-8(15)5-7(14)12(20-13)6-3-4-9(16)11(18)10(6)17/h3-5H,2H2,1H3,(H,19,20). The van der Waals surface area contributed by atoms with Gasteiger partial charge in [0.15, 0.2) is 17.5 Å². The van der Waals surface area contributed by atoms with Gasteiger partial charge < -0.3 is 5.32 Å². The Morgan fingerprint density at radius 1 is 1.10 bits per heavy atom. The maximum absolute atomic E-state index is 13.8. The van der Waals surface area contributed by atoms with Crippen molar-refractivity contribution in [3.05, 3.63) is 45.7 Å². The number of aromatic nitrogens is 1. The molecule has 20 heavy (non-hydrogen) atoms. The minimum absolute atomic E-state index is 0.0107. The molecule has 0 unspecified atom stereocenters. The van der Waals surface area contributed by atoms with Crippen LogP contribution in [0.4, 0.5) is 19.0 Å². The molecule has 0 fully saturated rings. The van der Waals surface area contributed by atoms with E-state index in [9.17, 15) is 13.2 Å². The van der Waals surface area contributed by atoms with Crippen molar-refractivity contribution in [1.82, 2.24) is 4.98 Å². The summed E-state index contributed by atoms with van der Waals surface area (Å²) in [5, 5.41) is 3.16. The van der Waals surface area contributed by atoms with Crippen molar-refractivity contribution in [1.29, 1.82) is 0 Å². The molecule has 0 aliphatic heterocycles. The second kappa shape index (κ2) is 5.89. The Morgan fingerprint density at radius 3 is 2.45 bits per heavy atom. The van der Waals surface area contributed by atoms with Gasteiger partial charge in [-0.05, 0) is 25.1 Å². The summed E-state index contributed by atoms with van der Waals surface area (Å²) in [5.41, 5.74) is -0.242. The number of hydrogen-bond acceptors (Lipinski definition) is 2. The largest absolute Gasteiger partial charge is 0.369 e. The smallest absolute Gasteiger partial charge is 0.195 e. The Balaban J connectivity index is 2.63. The minimum atomic E-state index is -1.57. The van der Waals surface area contributed by atoms with E-state index in [-0.39, 0.29) is 27.1 Å². The zero-order chi connectivity index (χ0) is 14.9. The first-order chi connectivity index (χ1) is 9.45. The quantitative estimate of drug-likeness (QED) is 0.813. The van der Waals surface area contributed by atoms with Crippen molar-refractivity contribution < 1.29 is 13.2 Å². The maximum Gasteiger partial charge on any atom is 0.195 e. The van der Waals surface area contributed by atoms with Crippen molar-refractivity contribution in [3.63, 3.8) is 0 Å². The van der Waals surface area contributed by atoms with E-state index < -0.39 is 17.5 Å². The van der Waals surface area contributed by atoms with Gasteiger partial charge in [-0.3, -0.25) is 0 Å². The normalized spacial score (nSPS) is 10.7. The molecule has 0 saturated heterocycles. The first-order valence-electron chi connectivity index (χ1n) is 5.69. The maximum atomic E-state index is 13.8. The van der Waals surface area contributed by atoms with Gasteiger partial charge in [0.05, 0.1) is 15.7 Å². The lowest BCUT2D eigenvalue weighted by molar-refractivity contribution is 0.449. The Bertz CT molecular complexity index is 663. The van der Waals surface area contributed by atoms with E-state index in [1.165, 1.54) is 6.07 Å². The van der Waals surface area contributed by atoms with Gasteiger partial charge >= 0.3 is 0 Å². The number of rotatable bonds is 3. The number of nitrogens with one attached hydrogen (secondary N) is 1. The van der Waals surface area contributed by atoms with Crippen LogP contribution in [0.2, 0.25) is 10.0 Å². The van der Waals surface area contributed by atoms with Crippen LogP contribution >= 0.6 is 23.2 Å². The van der Waals surface area contributed by atoms with E-state index in [1.54, 1.807) is 0 Å². The molecule has 7 heteroatoms. The Kier molecular flexibility index (Phi) is 4.40. The summed E-state index contributed by atoms with van der Waals surface area (Å²) in [7, 11) is 0. The van der Waals surface area contributed by atoms with Gasteiger partial charge in [0.2, 0.25) is 0 Å². The highest BCUT2D eigenvalue weighted by Crippen LogP contribution is 2.34. The Morgan fingerprint density at radius 2 is 1.80 bits per heavy atom. The van der Waals surface area contributed by atoms with Gasteiger partial charge in [0, 0.05) is 12.1 Å². The van der Waals surface area contributed by atoms with Crippen molar-refractivity contribution in [2.75, 3.05) is 11.9 Å². The molecule has 0 atom stereocenters. The summed E-state index contributed by atoms with van der Waals surface area (Å²) >= 11 is 11.9. The molecule has 0 aliphatic carbocycles. The zero-order valence-electron chi connectivity index (χ0n) is 10.3. The Labute approximate surface area is 123 Å². The summed E-state index contributed by atoms with van der Waals surface area (Å²) in [5.74, 6) is -3.90. The third kappa shape index (κ3) is 2.69. The van der Waals surface area contributed by atoms with E-state index in [2.05, 4.69) is 10.3 Å². The highest BCUT2D eigenvalue weighted by molar-refractivity contribution is 6.37. The Hall–Kier alpha value is -1.46. The van der Waals surface area contributed by atoms with Crippen molar-refractivity contribution in [2.24, 2.45) is 0 Å². The molecule has 1 aromatic carbocycles. The number of nitrogens with zero attached hydrogens (tertiary/aromatic N) is 1. The van der Waals surface area contributed by atoms with Crippen molar-refractivity contribution in [3.8, 4) is 11.3 Å². The number of pyridine rings is 1. The van der Waals surface area contributed by atoms with Crippen LogP contribution in [0, 0.1) is 17.5 Å². The van der Waals surface area contributed by atoms with Crippen LogP contribution in [0.15, 0.2) is 18.2 Å². The lowest BCUT2D eigenvalue weighted by Crippen LogP contribution is -2.03. The second-order valence-corrected chi connectivity index (χ2v) is 4.72. The predicted molar refractivity (Wildman–Crippen MR) is 73.7 cm³/mol. The molecule has 2 aromatic rings. The molecule has 0 radical (unpaired) electrons. The lowest BCUT2D eigenvalue weighted by atomic mass is 10.1. The van der Waals surface area contributed by atoms with Crippen LogP contribution in [0.3, 0.4) is 0 Å². The first kappa shape index (κ1) is 14.9. The topological polar surface area (TPSA) is 24.9 Å². The van der Waals surface area contributed by atoms with E-state index >= 15 is 0 Å². The van der Waals surface area contributed by atoms with Gasteiger partial charge in [0.25, 0.3) is 0 Å². The van der Waals surface area contributed by atoms with Crippen LogP contribution in [-0.2, 0) is 0 Å².